The smallest absolute Gasteiger partial charge is 0.142 e. The average Bonchev–Trinajstić information content (AvgIpc) is 2.47. The molecular weight excluding hydrogens is 166 g/mol. The fourth-order valence-electron chi connectivity index (χ4n) is 1.74. The van der Waals surface area contributed by atoms with Gasteiger partial charge in [-0.3, -0.25) is 0 Å². The molecule has 4 heteroatoms. The van der Waals surface area contributed by atoms with Crippen molar-refractivity contribution in [2.75, 3.05) is 12.3 Å². The molecule has 0 radical (unpaired) electrons. The van der Waals surface area contributed by atoms with E-state index in [0.29, 0.717) is 5.82 Å². The van der Waals surface area contributed by atoms with Gasteiger partial charge in [-0.15, -0.1) is 0 Å². The Kier molecular flexibility index (Phi) is 2.22. The van der Waals surface area contributed by atoms with E-state index in [1.54, 1.807) is 0 Å². The lowest BCUT2D eigenvalue weighted by molar-refractivity contribution is -0.0331. The van der Waals surface area contributed by atoms with Crippen molar-refractivity contribution in [3.8, 4) is 0 Å². The lowest BCUT2D eigenvalue weighted by atomic mass is 10.2. The zero-order valence-corrected chi connectivity index (χ0v) is 7.86. The standard InChI is InChI=1S/C9H15N3O/c1-7-11-8(10)6-12(7)9-4-2-3-5-13-9/h6,9H,2-5,10H2,1H3. The van der Waals surface area contributed by atoms with Crippen molar-refractivity contribution in [3.05, 3.63) is 12.0 Å². The first-order valence-corrected chi connectivity index (χ1v) is 4.70. The first-order chi connectivity index (χ1) is 6.27. The summed E-state index contributed by atoms with van der Waals surface area (Å²) in [6, 6.07) is 0. The summed E-state index contributed by atoms with van der Waals surface area (Å²) in [6.07, 6.45) is 5.46. The van der Waals surface area contributed by atoms with Crippen molar-refractivity contribution in [3.63, 3.8) is 0 Å². The summed E-state index contributed by atoms with van der Waals surface area (Å²) in [5, 5.41) is 0. The molecule has 0 saturated carbocycles. The number of anilines is 1. The van der Waals surface area contributed by atoms with Crippen molar-refractivity contribution in [1.82, 2.24) is 9.55 Å². The molecule has 4 nitrogen and oxygen atoms in total. The van der Waals surface area contributed by atoms with Crippen LogP contribution in [0, 0.1) is 6.92 Å². The molecule has 2 rings (SSSR count). The first kappa shape index (κ1) is 8.56. The highest BCUT2D eigenvalue weighted by Gasteiger charge is 2.17. The largest absolute Gasteiger partial charge is 0.382 e. The lowest BCUT2D eigenvalue weighted by Crippen LogP contribution is -2.18. The van der Waals surface area contributed by atoms with E-state index in [0.717, 1.165) is 18.9 Å². The minimum Gasteiger partial charge on any atom is -0.382 e. The van der Waals surface area contributed by atoms with Crippen LogP contribution in [0.25, 0.3) is 0 Å². The zero-order chi connectivity index (χ0) is 9.26. The predicted octanol–water partition coefficient (Wildman–Crippen LogP) is 1.47. The van der Waals surface area contributed by atoms with E-state index in [1.807, 2.05) is 17.7 Å². The van der Waals surface area contributed by atoms with Gasteiger partial charge in [0.2, 0.25) is 0 Å². The van der Waals surface area contributed by atoms with Crippen molar-refractivity contribution in [2.24, 2.45) is 0 Å². The van der Waals surface area contributed by atoms with E-state index in [2.05, 4.69) is 4.98 Å². The Morgan fingerprint density at radius 2 is 2.46 bits per heavy atom. The Hall–Kier alpha value is -1.03. The molecule has 2 heterocycles. The maximum atomic E-state index is 5.63. The highest BCUT2D eigenvalue weighted by Crippen LogP contribution is 2.24. The number of nitrogen functional groups attached to an aromatic ring is 1. The third-order valence-corrected chi connectivity index (χ3v) is 2.40. The molecule has 1 aromatic rings. The number of imidazole rings is 1. The zero-order valence-electron chi connectivity index (χ0n) is 7.86. The second kappa shape index (κ2) is 3.38. The molecule has 13 heavy (non-hydrogen) atoms. The van der Waals surface area contributed by atoms with Gasteiger partial charge in [-0.05, 0) is 26.2 Å². The predicted molar refractivity (Wildman–Crippen MR) is 50.2 cm³/mol. The SMILES string of the molecule is Cc1nc(N)cn1C1CCCCO1. The van der Waals surface area contributed by atoms with Crippen molar-refractivity contribution >= 4 is 5.82 Å². The second-order valence-electron chi connectivity index (χ2n) is 3.44. The molecule has 0 aromatic carbocycles. The Balaban J connectivity index is 2.18. The normalized spacial score (nSPS) is 23.3. The van der Waals surface area contributed by atoms with E-state index in [4.69, 9.17) is 10.5 Å². The van der Waals surface area contributed by atoms with Gasteiger partial charge in [0.25, 0.3) is 0 Å². The Labute approximate surface area is 77.7 Å². The Morgan fingerprint density at radius 3 is 3.00 bits per heavy atom. The number of rotatable bonds is 1. The monoisotopic (exact) mass is 181 g/mol. The summed E-state index contributed by atoms with van der Waals surface area (Å²) in [5.74, 6) is 1.51. The molecule has 72 valence electrons. The molecule has 1 saturated heterocycles. The minimum absolute atomic E-state index is 0.151. The summed E-state index contributed by atoms with van der Waals surface area (Å²) in [4.78, 5) is 4.15. The third kappa shape index (κ3) is 1.67. The topological polar surface area (TPSA) is 53.1 Å². The van der Waals surface area contributed by atoms with E-state index in [1.165, 1.54) is 12.8 Å². The van der Waals surface area contributed by atoms with E-state index in [-0.39, 0.29) is 6.23 Å². The number of aryl methyl sites for hydroxylation is 1. The molecule has 1 aliphatic heterocycles. The highest BCUT2D eigenvalue weighted by molar-refractivity contribution is 5.25. The van der Waals surface area contributed by atoms with E-state index in [9.17, 15) is 0 Å². The van der Waals surface area contributed by atoms with Crippen LogP contribution in [0.4, 0.5) is 5.82 Å². The summed E-state index contributed by atoms with van der Waals surface area (Å²) >= 11 is 0. The van der Waals surface area contributed by atoms with E-state index >= 15 is 0 Å². The molecule has 0 aliphatic carbocycles. The van der Waals surface area contributed by atoms with Gasteiger partial charge in [0.05, 0.1) is 6.20 Å². The highest BCUT2D eigenvalue weighted by atomic mass is 16.5. The van der Waals surface area contributed by atoms with E-state index < -0.39 is 0 Å². The summed E-state index contributed by atoms with van der Waals surface area (Å²) < 4.78 is 7.65. The van der Waals surface area contributed by atoms with Crippen molar-refractivity contribution < 1.29 is 4.74 Å². The third-order valence-electron chi connectivity index (χ3n) is 2.40. The summed E-state index contributed by atoms with van der Waals surface area (Å²) in [7, 11) is 0. The van der Waals surface area contributed by atoms with Crippen molar-refractivity contribution in [1.29, 1.82) is 0 Å². The molecule has 2 N–H and O–H groups in total. The van der Waals surface area contributed by atoms with Crippen LogP contribution in [-0.4, -0.2) is 16.2 Å². The summed E-state index contributed by atoms with van der Waals surface area (Å²) in [6.45, 7) is 2.80. The molecule has 1 unspecified atom stereocenters. The van der Waals surface area contributed by atoms with Crippen LogP contribution in [0.3, 0.4) is 0 Å². The van der Waals surface area contributed by atoms with Crippen LogP contribution < -0.4 is 5.73 Å². The number of aromatic nitrogens is 2. The molecule has 0 bridgehead atoms. The van der Waals surface area contributed by atoms with Gasteiger partial charge >= 0.3 is 0 Å². The molecule has 1 fully saturated rings. The van der Waals surface area contributed by atoms with Crippen LogP contribution in [0.2, 0.25) is 0 Å². The van der Waals surface area contributed by atoms with Crippen LogP contribution in [0.5, 0.6) is 0 Å². The number of hydrogen-bond donors (Lipinski definition) is 1. The molecule has 1 aromatic heterocycles. The van der Waals surface area contributed by atoms with Gasteiger partial charge in [0.15, 0.2) is 0 Å². The fraction of sp³-hybridized carbons (Fsp3) is 0.667. The van der Waals surface area contributed by atoms with Gasteiger partial charge in [0, 0.05) is 6.61 Å². The molecule has 0 amide bonds. The number of nitrogens with two attached hydrogens (primary N) is 1. The Bertz CT molecular complexity index is 289. The van der Waals surface area contributed by atoms with Gasteiger partial charge in [-0.25, -0.2) is 4.98 Å². The minimum atomic E-state index is 0.151. The van der Waals surface area contributed by atoms with Crippen LogP contribution >= 0.6 is 0 Å². The van der Waals surface area contributed by atoms with Crippen LogP contribution in [0.1, 0.15) is 31.3 Å². The lowest BCUT2D eigenvalue weighted by Gasteiger charge is -2.24. The number of ether oxygens (including phenoxy) is 1. The maximum Gasteiger partial charge on any atom is 0.142 e. The van der Waals surface area contributed by atoms with Gasteiger partial charge in [0.1, 0.15) is 17.9 Å². The van der Waals surface area contributed by atoms with Crippen LogP contribution in [-0.2, 0) is 4.74 Å². The van der Waals surface area contributed by atoms with Gasteiger partial charge < -0.3 is 15.0 Å². The fourth-order valence-corrected chi connectivity index (χ4v) is 1.74. The molecule has 1 aliphatic rings. The maximum absolute atomic E-state index is 5.63. The number of hydrogen-bond acceptors (Lipinski definition) is 3. The second-order valence-corrected chi connectivity index (χ2v) is 3.44. The molecule has 1 atom stereocenters. The van der Waals surface area contributed by atoms with Crippen LogP contribution in [0.15, 0.2) is 6.20 Å². The van der Waals surface area contributed by atoms with Crippen molar-refractivity contribution in [2.45, 2.75) is 32.4 Å². The number of nitrogens with zero attached hydrogens (tertiary/aromatic N) is 2. The molecular formula is C9H15N3O. The Morgan fingerprint density at radius 1 is 1.62 bits per heavy atom. The van der Waals surface area contributed by atoms with Gasteiger partial charge in [-0.1, -0.05) is 0 Å². The summed E-state index contributed by atoms with van der Waals surface area (Å²) in [5.41, 5.74) is 5.60. The quantitative estimate of drug-likeness (QED) is 0.713. The average molecular weight is 181 g/mol. The molecule has 0 spiro atoms. The first-order valence-electron chi connectivity index (χ1n) is 4.70. The van der Waals surface area contributed by atoms with Gasteiger partial charge in [-0.2, -0.15) is 0 Å².